The average Bonchev–Trinajstić information content (AvgIpc) is 2.92. The Labute approximate surface area is 98.8 Å². The molecule has 2 saturated heterocycles. The standard InChI is InChI=1S/C12H13N3O2/c16-11-10-7-15(6-9(10)5-14-11)12(17)8-1-3-13-4-2-8/h1-4,9-10H,5-7H2,(H,14,16)/t9-,10+/m1/s1. The minimum absolute atomic E-state index is 0.00500. The second kappa shape index (κ2) is 3.84. The predicted octanol–water partition coefficient (Wildman–Crippen LogP) is -0.100. The number of hydrogen-bond donors (Lipinski definition) is 1. The Hall–Kier alpha value is -1.91. The number of nitrogens with one attached hydrogen (secondary N) is 1. The summed E-state index contributed by atoms with van der Waals surface area (Å²) in [5.74, 6) is 0.351. The van der Waals surface area contributed by atoms with Crippen molar-refractivity contribution in [3.8, 4) is 0 Å². The molecule has 5 nitrogen and oxygen atoms in total. The number of pyridine rings is 1. The monoisotopic (exact) mass is 231 g/mol. The van der Waals surface area contributed by atoms with E-state index in [-0.39, 0.29) is 23.7 Å². The van der Waals surface area contributed by atoms with Crippen molar-refractivity contribution in [3.63, 3.8) is 0 Å². The van der Waals surface area contributed by atoms with Crippen LogP contribution in [0.25, 0.3) is 0 Å². The fourth-order valence-corrected chi connectivity index (χ4v) is 2.58. The van der Waals surface area contributed by atoms with Gasteiger partial charge in [-0.1, -0.05) is 0 Å². The number of amides is 2. The maximum atomic E-state index is 12.2. The van der Waals surface area contributed by atoms with E-state index in [1.165, 1.54) is 0 Å². The molecule has 3 heterocycles. The van der Waals surface area contributed by atoms with E-state index in [1.807, 2.05) is 0 Å². The molecule has 2 aliphatic rings. The molecule has 0 spiro atoms. The Morgan fingerprint density at radius 3 is 2.82 bits per heavy atom. The summed E-state index contributed by atoms with van der Waals surface area (Å²) < 4.78 is 0. The molecule has 1 aromatic heterocycles. The van der Waals surface area contributed by atoms with Gasteiger partial charge in [0.2, 0.25) is 5.91 Å². The molecule has 5 heteroatoms. The lowest BCUT2D eigenvalue weighted by atomic mass is 10.0. The minimum Gasteiger partial charge on any atom is -0.355 e. The number of hydrogen-bond acceptors (Lipinski definition) is 3. The fourth-order valence-electron chi connectivity index (χ4n) is 2.58. The van der Waals surface area contributed by atoms with Crippen LogP contribution in [0, 0.1) is 11.8 Å². The van der Waals surface area contributed by atoms with Crippen LogP contribution in [0.5, 0.6) is 0 Å². The average molecular weight is 231 g/mol. The zero-order valence-electron chi connectivity index (χ0n) is 9.30. The molecule has 2 fully saturated rings. The lowest BCUT2D eigenvalue weighted by Crippen LogP contribution is -2.33. The van der Waals surface area contributed by atoms with Gasteiger partial charge in [0.15, 0.2) is 0 Å². The highest BCUT2D eigenvalue weighted by Crippen LogP contribution is 2.28. The van der Waals surface area contributed by atoms with Crippen LogP contribution < -0.4 is 5.32 Å². The summed E-state index contributed by atoms with van der Waals surface area (Å²) >= 11 is 0. The Bertz CT molecular complexity index is 460. The van der Waals surface area contributed by atoms with Gasteiger partial charge in [0.25, 0.3) is 5.91 Å². The van der Waals surface area contributed by atoms with E-state index >= 15 is 0 Å². The van der Waals surface area contributed by atoms with Gasteiger partial charge in [0.05, 0.1) is 5.92 Å². The smallest absolute Gasteiger partial charge is 0.253 e. The highest BCUT2D eigenvalue weighted by molar-refractivity contribution is 5.95. The van der Waals surface area contributed by atoms with Crippen molar-refractivity contribution in [1.29, 1.82) is 0 Å². The van der Waals surface area contributed by atoms with E-state index in [9.17, 15) is 9.59 Å². The third-order valence-electron chi connectivity index (χ3n) is 3.53. The van der Waals surface area contributed by atoms with Gasteiger partial charge in [0, 0.05) is 43.5 Å². The first-order valence-corrected chi connectivity index (χ1v) is 5.73. The molecule has 17 heavy (non-hydrogen) atoms. The number of carbonyl (C=O) groups is 2. The molecule has 0 unspecified atom stereocenters. The topological polar surface area (TPSA) is 62.3 Å². The molecular weight excluding hydrogens is 218 g/mol. The minimum atomic E-state index is -0.0132. The van der Waals surface area contributed by atoms with Gasteiger partial charge >= 0.3 is 0 Å². The lowest BCUT2D eigenvalue weighted by Gasteiger charge is -2.17. The van der Waals surface area contributed by atoms with Crippen LogP contribution in [0.15, 0.2) is 24.5 Å². The van der Waals surface area contributed by atoms with E-state index < -0.39 is 0 Å². The van der Waals surface area contributed by atoms with E-state index in [2.05, 4.69) is 10.3 Å². The molecule has 2 aliphatic heterocycles. The van der Waals surface area contributed by atoms with Crippen LogP contribution in [-0.4, -0.2) is 41.3 Å². The van der Waals surface area contributed by atoms with Gasteiger partial charge < -0.3 is 10.2 Å². The normalized spacial score (nSPS) is 26.8. The SMILES string of the molecule is O=C1NC[C@@H]2CN(C(=O)c3ccncc3)C[C@H]12. The van der Waals surface area contributed by atoms with Crippen molar-refractivity contribution in [3.05, 3.63) is 30.1 Å². The molecule has 1 N–H and O–H groups in total. The van der Waals surface area contributed by atoms with Gasteiger partial charge in [-0.25, -0.2) is 0 Å². The third kappa shape index (κ3) is 1.67. The summed E-state index contributed by atoms with van der Waals surface area (Å²) in [5.41, 5.74) is 0.639. The van der Waals surface area contributed by atoms with Crippen molar-refractivity contribution in [2.75, 3.05) is 19.6 Å². The quantitative estimate of drug-likeness (QED) is 0.734. The molecule has 1 aromatic rings. The first-order chi connectivity index (χ1) is 8.25. The van der Waals surface area contributed by atoms with Crippen molar-refractivity contribution >= 4 is 11.8 Å². The zero-order chi connectivity index (χ0) is 11.8. The molecule has 3 rings (SSSR count). The van der Waals surface area contributed by atoms with Crippen LogP contribution in [0.2, 0.25) is 0 Å². The predicted molar refractivity (Wildman–Crippen MR) is 60.1 cm³/mol. The van der Waals surface area contributed by atoms with Gasteiger partial charge in [-0.3, -0.25) is 14.6 Å². The van der Waals surface area contributed by atoms with Crippen LogP contribution in [0.3, 0.4) is 0 Å². The first kappa shape index (κ1) is 10.3. The van der Waals surface area contributed by atoms with Crippen LogP contribution in [-0.2, 0) is 4.79 Å². The second-order valence-electron chi connectivity index (χ2n) is 4.56. The largest absolute Gasteiger partial charge is 0.355 e. The number of rotatable bonds is 1. The number of likely N-dealkylation sites (tertiary alicyclic amines) is 1. The summed E-state index contributed by atoms with van der Waals surface area (Å²) in [6.45, 7) is 1.91. The van der Waals surface area contributed by atoms with E-state index in [1.54, 1.807) is 29.4 Å². The number of aromatic nitrogens is 1. The maximum absolute atomic E-state index is 12.2. The highest BCUT2D eigenvalue weighted by atomic mass is 16.2. The van der Waals surface area contributed by atoms with Gasteiger partial charge in [-0.2, -0.15) is 0 Å². The maximum Gasteiger partial charge on any atom is 0.253 e. The van der Waals surface area contributed by atoms with Gasteiger partial charge in [0.1, 0.15) is 0 Å². The summed E-state index contributed by atoms with van der Waals surface area (Å²) in [6.07, 6.45) is 3.22. The zero-order valence-corrected chi connectivity index (χ0v) is 9.30. The lowest BCUT2D eigenvalue weighted by molar-refractivity contribution is -0.122. The Balaban J connectivity index is 1.76. The first-order valence-electron chi connectivity index (χ1n) is 5.73. The molecule has 0 aromatic carbocycles. The number of fused-ring (bicyclic) bond motifs is 1. The number of carbonyl (C=O) groups excluding carboxylic acids is 2. The highest BCUT2D eigenvalue weighted by Gasteiger charge is 2.43. The van der Waals surface area contributed by atoms with Gasteiger partial charge in [-0.05, 0) is 12.1 Å². The molecular formula is C12H13N3O2. The molecule has 0 saturated carbocycles. The number of nitrogens with zero attached hydrogens (tertiary/aromatic N) is 2. The molecule has 88 valence electrons. The van der Waals surface area contributed by atoms with E-state index in [0.717, 1.165) is 0 Å². The molecule has 0 bridgehead atoms. The summed E-state index contributed by atoms with van der Waals surface area (Å²) in [4.78, 5) is 29.3. The summed E-state index contributed by atoms with van der Waals surface area (Å²) in [6, 6.07) is 3.41. The summed E-state index contributed by atoms with van der Waals surface area (Å²) in [5, 5.41) is 2.83. The molecule has 0 aliphatic carbocycles. The van der Waals surface area contributed by atoms with Gasteiger partial charge in [-0.15, -0.1) is 0 Å². The Morgan fingerprint density at radius 1 is 1.35 bits per heavy atom. The Morgan fingerprint density at radius 2 is 2.12 bits per heavy atom. The molecule has 2 atom stereocenters. The van der Waals surface area contributed by atoms with Crippen LogP contribution in [0.4, 0.5) is 0 Å². The van der Waals surface area contributed by atoms with Crippen molar-refractivity contribution in [2.24, 2.45) is 11.8 Å². The van der Waals surface area contributed by atoms with Crippen LogP contribution in [0.1, 0.15) is 10.4 Å². The Kier molecular flexibility index (Phi) is 2.31. The van der Waals surface area contributed by atoms with Crippen molar-refractivity contribution < 1.29 is 9.59 Å². The summed E-state index contributed by atoms with van der Waals surface area (Å²) in [7, 11) is 0. The van der Waals surface area contributed by atoms with Crippen LogP contribution >= 0.6 is 0 Å². The van der Waals surface area contributed by atoms with Crippen molar-refractivity contribution in [1.82, 2.24) is 15.2 Å². The fraction of sp³-hybridized carbons (Fsp3) is 0.417. The van der Waals surface area contributed by atoms with Crippen molar-refractivity contribution in [2.45, 2.75) is 0 Å². The molecule has 2 amide bonds. The second-order valence-corrected chi connectivity index (χ2v) is 4.56. The molecule has 0 radical (unpaired) electrons. The van der Waals surface area contributed by atoms with E-state index in [4.69, 9.17) is 0 Å². The third-order valence-corrected chi connectivity index (χ3v) is 3.53. The van der Waals surface area contributed by atoms with E-state index in [0.29, 0.717) is 25.2 Å².